The van der Waals surface area contributed by atoms with Gasteiger partial charge in [-0.15, -0.1) is 0 Å². The lowest BCUT2D eigenvalue weighted by Crippen LogP contribution is -2.37. The molecule has 1 fully saturated rings. The van der Waals surface area contributed by atoms with Gasteiger partial charge in [-0.1, -0.05) is 0 Å². The van der Waals surface area contributed by atoms with Crippen LogP contribution in [0, 0.1) is 28.6 Å². The molecule has 2 heterocycles. The van der Waals surface area contributed by atoms with Crippen molar-refractivity contribution in [2.75, 3.05) is 30.3 Å². The molecular weight excluding hydrogens is 256 g/mol. The Balaban J connectivity index is 2.27. The van der Waals surface area contributed by atoms with E-state index in [0.717, 1.165) is 19.4 Å². The predicted octanol–water partition coefficient (Wildman–Crippen LogP) is 0.459. The zero-order chi connectivity index (χ0) is 14.5. The molecule has 0 bridgehead atoms. The van der Waals surface area contributed by atoms with E-state index >= 15 is 0 Å². The lowest BCUT2D eigenvalue weighted by molar-refractivity contribution is 0.208. The molecule has 0 saturated carbocycles. The maximum absolute atomic E-state index is 9.28. The Labute approximate surface area is 117 Å². The highest BCUT2D eigenvalue weighted by Crippen LogP contribution is 2.28. The maximum Gasteiger partial charge on any atom is 0.170 e. The Kier molecular flexibility index (Phi) is 4.44. The molecule has 0 aliphatic carbocycles. The number of nitrogens with zero attached hydrogens (tertiary/aromatic N) is 5. The van der Waals surface area contributed by atoms with Gasteiger partial charge in [0, 0.05) is 19.7 Å². The second kappa shape index (κ2) is 6.27. The van der Waals surface area contributed by atoms with Crippen molar-refractivity contribution in [2.24, 2.45) is 5.92 Å². The Hall–Kier alpha value is -2.25. The average molecular weight is 274 g/mol. The van der Waals surface area contributed by atoms with Crippen molar-refractivity contribution in [2.45, 2.75) is 25.8 Å². The van der Waals surface area contributed by atoms with Crippen molar-refractivity contribution in [3.05, 3.63) is 5.56 Å². The van der Waals surface area contributed by atoms with Crippen LogP contribution in [0.1, 0.15) is 24.8 Å². The number of hydrogen-bond acceptors (Lipinski definition) is 6. The summed E-state index contributed by atoms with van der Waals surface area (Å²) >= 11 is 0. The summed E-state index contributed by atoms with van der Waals surface area (Å²) in [7, 11) is 0. The molecule has 1 unspecified atom stereocenters. The van der Waals surface area contributed by atoms with E-state index in [-0.39, 0.29) is 12.5 Å². The van der Waals surface area contributed by atoms with Crippen LogP contribution in [0.5, 0.6) is 0 Å². The van der Waals surface area contributed by atoms with Crippen LogP contribution in [0.15, 0.2) is 0 Å². The first kappa shape index (κ1) is 14.2. The lowest BCUT2D eigenvalue weighted by atomic mass is 9.99. The van der Waals surface area contributed by atoms with Crippen molar-refractivity contribution in [1.82, 2.24) is 9.78 Å². The third-order valence-corrected chi connectivity index (χ3v) is 3.60. The molecule has 1 aromatic rings. The molecule has 1 aliphatic heterocycles. The van der Waals surface area contributed by atoms with Crippen LogP contribution in [0.2, 0.25) is 0 Å². The van der Waals surface area contributed by atoms with Gasteiger partial charge in [0.1, 0.15) is 17.5 Å². The van der Waals surface area contributed by atoms with Gasteiger partial charge in [0.05, 0.1) is 19.0 Å². The molecule has 7 nitrogen and oxygen atoms in total. The molecular formula is C13H18N6O. The highest BCUT2D eigenvalue weighted by atomic mass is 16.3. The topological polar surface area (TPSA) is 115 Å². The summed E-state index contributed by atoms with van der Waals surface area (Å²) in [6.07, 6.45) is 2.25. The third kappa shape index (κ3) is 2.68. The minimum absolute atomic E-state index is 0.142. The zero-order valence-electron chi connectivity index (χ0n) is 11.3. The number of nitrogen functional groups attached to an aromatic ring is 1. The SMILES string of the molecule is N#CCCn1nc(N2CCCC(CO)C2)c(C#N)c1N. The molecule has 1 aromatic heterocycles. The number of rotatable bonds is 4. The lowest BCUT2D eigenvalue weighted by Gasteiger charge is -2.32. The fraction of sp³-hybridized carbons (Fsp3) is 0.615. The highest BCUT2D eigenvalue weighted by molar-refractivity contribution is 5.65. The van der Waals surface area contributed by atoms with E-state index in [1.165, 1.54) is 4.68 Å². The van der Waals surface area contributed by atoms with E-state index in [0.29, 0.717) is 36.7 Å². The molecule has 0 aromatic carbocycles. The number of anilines is 2. The standard InChI is InChI=1S/C13H18N6O/c14-4-2-6-19-12(16)11(7-15)13(17-19)18-5-1-3-10(8-18)9-20/h10,20H,1-3,5-6,8-9,16H2. The van der Waals surface area contributed by atoms with Crippen LogP contribution in [0.25, 0.3) is 0 Å². The van der Waals surface area contributed by atoms with Gasteiger partial charge in [-0.3, -0.25) is 0 Å². The largest absolute Gasteiger partial charge is 0.396 e. The predicted molar refractivity (Wildman–Crippen MR) is 73.6 cm³/mol. The molecule has 106 valence electrons. The minimum atomic E-state index is 0.142. The molecule has 7 heteroatoms. The van der Waals surface area contributed by atoms with Gasteiger partial charge >= 0.3 is 0 Å². The Bertz CT molecular complexity index is 552. The van der Waals surface area contributed by atoms with Crippen LogP contribution in [0.4, 0.5) is 11.6 Å². The minimum Gasteiger partial charge on any atom is -0.396 e. The van der Waals surface area contributed by atoms with Gasteiger partial charge in [0.25, 0.3) is 0 Å². The first-order valence-electron chi connectivity index (χ1n) is 6.70. The maximum atomic E-state index is 9.28. The first-order valence-corrected chi connectivity index (χ1v) is 6.70. The Morgan fingerprint density at radius 3 is 2.90 bits per heavy atom. The van der Waals surface area contributed by atoms with E-state index in [4.69, 9.17) is 11.0 Å². The summed E-state index contributed by atoms with van der Waals surface area (Å²) in [5, 5.41) is 31.6. The van der Waals surface area contributed by atoms with Crippen molar-refractivity contribution in [1.29, 1.82) is 10.5 Å². The fourth-order valence-corrected chi connectivity index (χ4v) is 2.52. The molecule has 0 spiro atoms. The summed E-state index contributed by atoms with van der Waals surface area (Å²) in [6.45, 7) is 2.01. The zero-order valence-corrected chi connectivity index (χ0v) is 11.3. The van der Waals surface area contributed by atoms with E-state index in [1.807, 2.05) is 11.0 Å². The molecule has 1 atom stereocenters. The van der Waals surface area contributed by atoms with E-state index < -0.39 is 0 Å². The van der Waals surface area contributed by atoms with Crippen molar-refractivity contribution >= 4 is 11.6 Å². The van der Waals surface area contributed by atoms with Gasteiger partial charge in [0.2, 0.25) is 0 Å². The number of aromatic nitrogens is 2. The van der Waals surface area contributed by atoms with E-state index in [1.54, 1.807) is 0 Å². The molecule has 20 heavy (non-hydrogen) atoms. The summed E-state index contributed by atoms with van der Waals surface area (Å²) < 4.78 is 1.51. The summed E-state index contributed by atoms with van der Waals surface area (Å²) in [5.41, 5.74) is 6.28. The summed E-state index contributed by atoms with van der Waals surface area (Å²) in [5.74, 6) is 1.09. The quantitative estimate of drug-likeness (QED) is 0.824. The number of aliphatic hydroxyl groups is 1. The van der Waals surface area contributed by atoms with Crippen LogP contribution >= 0.6 is 0 Å². The van der Waals surface area contributed by atoms with Crippen LogP contribution < -0.4 is 10.6 Å². The number of nitriles is 2. The second-order valence-electron chi connectivity index (χ2n) is 4.96. The molecule has 3 N–H and O–H groups in total. The van der Waals surface area contributed by atoms with Gasteiger partial charge in [-0.2, -0.15) is 15.6 Å². The van der Waals surface area contributed by atoms with Gasteiger partial charge in [0.15, 0.2) is 5.82 Å². The van der Waals surface area contributed by atoms with Crippen LogP contribution in [-0.4, -0.2) is 34.6 Å². The molecule has 0 amide bonds. The molecule has 1 saturated heterocycles. The van der Waals surface area contributed by atoms with E-state index in [9.17, 15) is 10.4 Å². The van der Waals surface area contributed by atoms with Gasteiger partial charge < -0.3 is 15.7 Å². The van der Waals surface area contributed by atoms with Crippen molar-refractivity contribution in [3.8, 4) is 12.1 Å². The fourth-order valence-electron chi connectivity index (χ4n) is 2.52. The van der Waals surface area contributed by atoms with Gasteiger partial charge in [-0.25, -0.2) is 4.68 Å². The second-order valence-corrected chi connectivity index (χ2v) is 4.96. The van der Waals surface area contributed by atoms with Crippen molar-refractivity contribution in [3.63, 3.8) is 0 Å². The summed E-state index contributed by atoms with van der Waals surface area (Å²) in [6, 6.07) is 4.14. The molecule has 2 rings (SSSR count). The number of hydrogen-bond donors (Lipinski definition) is 2. The third-order valence-electron chi connectivity index (χ3n) is 3.60. The number of aliphatic hydroxyl groups excluding tert-OH is 1. The number of aryl methyl sites for hydroxylation is 1. The normalized spacial score (nSPS) is 18.6. The summed E-state index contributed by atoms with van der Waals surface area (Å²) in [4.78, 5) is 2.00. The monoisotopic (exact) mass is 274 g/mol. The number of nitrogens with two attached hydrogens (primary N) is 1. The van der Waals surface area contributed by atoms with Crippen LogP contribution in [0.3, 0.4) is 0 Å². The smallest absolute Gasteiger partial charge is 0.170 e. The highest BCUT2D eigenvalue weighted by Gasteiger charge is 2.25. The molecule has 1 aliphatic rings. The Morgan fingerprint density at radius 1 is 1.45 bits per heavy atom. The molecule has 0 radical (unpaired) electrons. The van der Waals surface area contributed by atoms with Crippen molar-refractivity contribution < 1.29 is 5.11 Å². The first-order chi connectivity index (χ1) is 9.71. The Morgan fingerprint density at radius 2 is 2.25 bits per heavy atom. The van der Waals surface area contributed by atoms with Crippen LogP contribution in [-0.2, 0) is 6.54 Å². The van der Waals surface area contributed by atoms with E-state index in [2.05, 4.69) is 11.2 Å². The average Bonchev–Trinajstić information content (AvgIpc) is 2.81. The number of piperidine rings is 1. The van der Waals surface area contributed by atoms with Gasteiger partial charge in [-0.05, 0) is 18.8 Å².